The zero-order valence-corrected chi connectivity index (χ0v) is 42.4. The highest BCUT2D eigenvalue weighted by Crippen LogP contribution is 2.30. The van der Waals surface area contributed by atoms with Gasteiger partial charge in [-0.05, 0) is 98.5 Å². The molecule has 0 saturated heterocycles. The lowest BCUT2D eigenvalue weighted by Crippen LogP contribution is -2.45. The average Bonchev–Trinajstić information content (AvgIpc) is 4.13. The van der Waals surface area contributed by atoms with Crippen LogP contribution in [0.3, 0.4) is 0 Å². The fraction of sp³-hybridized carbons (Fsp3) is 0.352. The van der Waals surface area contributed by atoms with Crippen LogP contribution in [-0.4, -0.2) is 107 Å². The van der Waals surface area contributed by atoms with E-state index in [1.54, 1.807) is 54.9 Å². The molecule has 0 spiro atoms. The first-order chi connectivity index (χ1) is 36.5. The molecule has 0 aliphatic carbocycles. The number of fused-ring (bicyclic) bond motifs is 1. The maximum atomic E-state index is 14.9. The second-order valence-corrected chi connectivity index (χ2v) is 18.8. The topological polar surface area (TPSA) is 269 Å². The smallest absolute Gasteiger partial charge is 0.410 e. The minimum absolute atomic E-state index is 0.0220. The SMILES string of the molecule is Cc1cccc(-c2[nH]c(CN(CCc3ccc(F)cc3F)C(=O)OCc3ccc(NC(=O)[C@H](CCCNC(N)=O)CC(=O)[C@@H](NC(=O)CCCCCN4C(=O)C=CC4=O)C(C)C)cc3)nc2-c2ccc3ncnn3c2)n1. The van der Waals surface area contributed by atoms with Crippen molar-refractivity contribution in [1.82, 2.24) is 50.0 Å². The van der Waals surface area contributed by atoms with Crippen LogP contribution < -0.4 is 21.7 Å². The van der Waals surface area contributed by atoms with Crippen molar-refractivity contribution in [2.24, 2.45) is 17.6 Å². The molecule has 1 aliphatic rings. The van der Waals surface area contributed by atoms with E-state index in [1.807, 2.05) is 31.2 Å². The number of unbranched alkanes of at least 4 members (excludes halogenated alkanes) is 2. The minimum Gasteiger partial charge on any atom is -0.445 e. The number of carbonyl (C=O) groups is 7. The Balaban J connectivity index is 0.994. The van der Waals surface area contributed by atoms with Gasteiger partial charge in [0.25, 0.3) is 11.8 Å². The van der Waals surface area contributed by atoms with Gasteiger partial charge in [-0.15, -0.1) is 0 Å². The molecule has 76 heavy (non-hydrogen) atoms. The molecule has 0 unspecified atom stereocenters. The number of nitrogens with zero attached hydrogens (tertiary/aromatic N) is 7. The predicted molar refractivity (Wildman–Crippen MR) is 275 cm³/mol. The highest BCUT2D eigenvalue weighted by Gasteiger charge is 2.30. The lowest BCUT2D eigenvalue weighted by Gasteiger charge is -2.24. The van der Waals surface area contributed by atoms with E-state index < -0.39 is 41.6 Å². The number of nitrogens with one attached hydrogen (secondary N) is 4. The number of ketones is 1. The average molecular weight is 1040 g/mol. The fourth-order valence-corrected chi connectivity index (χ4v) is 8.60. The van der Waals surface area contributed by atoms with Crippen molar-refractivity contribution in [3.05, 3.63) is 132 Å². The van der Waals surface area contributed by atoms with E-state index in [4.69, 9.17) is 20.4 Å². The maximum Gasteiger partial charge on any atom is 0.410 e. The van der Waals surface area contributed by atoms with Gasteiger partial charge in [-0.3, -0.25) is 33.9 Å². The van der Waals surface area contributed by atoms with E-state index in [0.29, 0.717) is 71.1 Å². The van der Waals surface area contributed by atoms with Gasteiger partial charge in [-0.1, -0.05) is 44.5 Å². The molecule has 0 bridgehead atoms. The molecular weight excluding hydrogens is 983 g/mol. The Hall–Kier alpha value is -8.69. The number of aryl methyl sites for hydroxylation is 1. The van der Waals surface area contributed by atoms with Crippen LogP contribution in [0.15, 0.2) is 97.5 Å². The first-order valence-electron chi connectivity index (χ1n) is 25.0. The minimum atomic E-state index is -0.883. The summed E-state index contributed by atoms with van der Waals surface area (Å²) in [6, 6.07) is 17.4. The van der Waals surface area contributed by atoms with E-state index in [0.717, 1.165) is 22.7 Å². The van der Waals surface area contributed by atoms with Gasteiger partial charge in [-0.2, -0.15) is 5.10 Å². The molecule has 20 nitrogen and oxygen atoms in total. The Kier molecular flexibility index (Phi) is 18.8. The zero-order chi connectivity index (χ0) is 54.3. The Morgan fingerprint density at radius 1 is 0.908 bits per heavy atom. The van der Waals surface area contributed by atoms with Crippen LogP contribution in [0.25, 0.3) is 28.3 Å². The Morgan fingerprint density at radius 2 is 1.68 bits per heavy atom. The maximum absolute atomic E-state index is 14.9. The monoisotopic (exact) mass is 1040 g/mol. The van der Waals surface area contributed by atoms with E-state index in [1.165, 1.54) is 29.4 Å². The third kappa shape index (κ3) is 15.2. The van der Waals surface area contributed by atoms with Gasteiger partial charge in [0.15, 0.2) is 11.4 Å². The van der Waals surface area contributed by atoms with Crippen LogP contribution in [0.2, 0.25) is 0 Å². The summed E-state index contributed by atoms with van der Waals surface area (Å²) < 4.78 is 36.1. The van der Waals surface area contributed by atoms with Crippen molar-refractivity contribution in [2.75, 3.05) is 25.0 Å². The number of amides is 7. The first-order valence-corrected chi connectivity index (χ1v) is 25.0. The highest BCUT2D eigenvalue weighted by atomic mass is 19.1. The third-order valence-electron chi connectivity index (χ3n) is 12.7. The molecule has 2 atom stereocenters. The number of rotatable bonds is 26. The van der Waals surface area contributed by atoms with E-state index in [-0.39, 0.29) is 93.5 Å². The lowest BCUT2D eigenvalue weighted by molar-refractivity contribution is -0.137. The summed E-state index contributed by atoms with van der Waals surface area (Å²) >= 11 is 0. The molecule has 4 aromatic heterocycles. The number of hydrogen-bond donors (Lipinski definition) is 5. The number of carbonyl (C=O) groups excluding carboxylic acids is 7. The summed E-state index contributed by atoms with van der Waals surface area (Å²) in [6.07, 6.45) is 6.93. The van der Waals surface area contributed by atoms with Crippen molar-refractivity contribution in [3.63, 3.8) is 0 Å². The molecule has 7 amide bonds. The van der Waals surface area contributed by atoms with Crippen LogP contribution in [0, 0.1) is 30.4 Å². The zero-order valence-electron chi connectivity index (χ0n) is 42.4. The lowest BCUT2D eigenvalue weighted by atomic mass is 9.89. The Morgan fingerprint density at radius 3 is 2.41 bits per heavy atom. The number of urea groups is 1. The molecule has 0 radical (unpaired) electrons. The molecule has 6 aromatic rings. The highest BCUT2D eigenvalue weighted by molar-refractivity contribution is 6.12. The molecule has 398 valence electrons. The molecule has 0 saturated carbocycles. The Labute approximate surface area is 436 Å². The molecule has 0 fully saturated rings. The number of Topliss-reactive ketones (excluding diaryl/α,β-unsaturated/α-hetero) is 1. The number of anilines is 1. The predicted octanol–water partition coefficient (Wildman–Crippen LogP) is 6.74. The van der Waals surface area contributed by atoms with Crippen molar-refractivity contribution in [1.29, 1.82) is 0 Å². The first kappa shape index (κ1) is 55.1. The van der Waals surface area contributed by atoms with E-state index in [9.17, 15) is 42.3 Å². The molecule has 1 aliphatic heterocycles. The van der Waals surface area contributed by atoms with Gasteiger partial charge in [0.1, 0.15) is 30.4 Å². The molecular formula is C54H60F2N12O8. The number of aromatic nitrogens is 6. The van der Waals surface area contributed by atoms with Crippen LogP contribution in [0.1, 0.15) is 81.4 Å². The largest absolute Gasteiger partial charge is 0.445 e. The number of halogens is 2. The normalized spacial score (nSPS) is 13.0. The molecule has 22 heteroatoms. The van der Waals surface area contributed by atoms with Gasteiger partial charge in [-0.25, -0.2) is 32.9 Å². The van der Waals surface area contributed by atoms with Gasteiger partial charge in [0.2, 0.25) is 11.8 Å². The molecule has 2 aromatic carbocycles. The number of aromatic amines is 1. The molecule has 7 rings (SSSR count). The van der Waals surface area contributed by atoms with Crippen molar-refractivity contribution >= 4 is 52.9 Å². The quantitative estimate of drug-likeness (QED) is 0.0279. The van der Waals surface area contributed by atoms with Crippen LogP contribution in [-0.2, 0) is 48.3 Å². The summed E-state index contributed by atoms with van der Waals surface area (Å²) in [5.74, 6) is -4.17. The summed E-state index contributed by atoms with van der Waals surface area (Å²) in [5.41, 5.74) is 10.2. The van der Waals surface area contributed by atoms with Crippen molar-refractivity contribution < 1.29 is 47.1 Å². The summed E-state index contributed by atoms with van der Waals surface area (Å²) in [5, 5.41) is 12.4. The number of H-pyrrole nitrogens is 1. The van der Waals surface area contributed by atoms with Gasteiger partial charge in [0, 0.05) is 79.8 Å². The van der Waals surface area contributed by atoms with Crippen molar-refractivity contribution in [2.45, 2.75) is 91.3 Å². The second-order valence-electron chi connectivity index (χ2n) is 18.8. The number of imidazole rings is 1. The number of nitrogens with two attached hydrogens (primary N) is 1. The number of benzene rings is 2. The number of hydrogen-bond acceptors (Lipinski definition) is 12. The number of imide groups is 1. The standard InChI is InChI=1S/C54H60F2N12O8/c1-33(2)49(65-46(70)12-5-4-6-25-67-47(71)21-22-48(67)72)43(69)27-37(10-8-24-58-53(57)74)52(73)62-40-18-13-35(14-19-40)31-76-54(75)66(26-23-36-15-17-39(55)28-41(36)56)30-44-63-50(38-16-20-45-59-32-60-68(45)29-38)51(64-44)42-11-7-9-34(3)61-42/h7,9,11,13-22,28-29,32-33,37,49H,4-6,8,10,12,23-27,30-31H2,1-3H3,(H,62,73)(H,63,64)(H,65,70)(H3,57,58,74)/t37-,49+/m1/s1. The van der Waals surface area contributed by atoms with E-state index in [2.05, 4.69) is 31.0 Å². The summed E-state index contributed by atoms with van der Waals surface area (Å²) in [7, 11) is 0. The van der Waals surface area contributed by atoms with Gasteiger partial charge >= 0.3 is 12.1 Å². The van der Waals surface area contributed by atoms with Crippen molar-refractivity contribution in [3.8, 4) is 22.6 Å². The number of primary amides is 1. The van der Waals surface area contributed by atoms with Crippen LogP contribution in [0.5, 0.6) is 0 Å². The molecule has 6 N–H and O–H groups in total. The third-order valence-corrected chi connectivity index (χ3v) is 12.7. The number of ether oxygens (including phenoxy) is 1. The van der Waals surface area contributed by atoms with E-state index >= 15 is 0 Å². The summed E-state index contributed by atoms with van der Waals surface area (Å²) in [4.78, 5) is 109. The van der Waals surface area contributed by atoms with Gasteiger partial charge in [0.05, 0.1) is 29.7 Å². The Bertz CT molecular complexity index is 3080. The number of pyridine rings is 2. The molecule has 5 heterocycles. The fourth-order valence-electron chi connectivity index (χ4n) is 8.60. The van der Waals surface area contributed by atoms with Crippen LogP contribution >= 0.6 is 0 Å². The van der Waals surface area contributed by atoms with Gasteiger partial charge < -0.3 is 36.3 Å². The second kappa shape index (κ2) is 26.0. The van der Waals surface area contributed by atoms with Crippen LogP contribution in [0.4, 0.5) is 24.1 Å². The summed E-state index contributed by atoms with van der Waals surface area (Å²) in [6.45, 7) is 5.52.